The van der Waals surface area contributed by atoms with Crippen LogP contribution in [0.4, 0.5) is 11.8 Å². The molecule has 170 valence electrons. The van der Waals surface area contributed by atoms with Crippen LogP contribution < -0.4 is 11.1 Å². The number of aromatic nitrogens is 3. The van der Waals surface area contributed by atoms with Gasteiger partial charge in [-0.3, -0.25) is 9.98 Å². The summed E-state index contributed by atoms with van der Waals surface area (Å²) in [5.74, 6) is 1.85. The first-order valence-electron chi connectivity index (χ1n) is 10.3. The molecule has 2 heterocycles. The Bertz CT molecular complexity index is 902. The smallest absolute Gasteiger partial charge is 0.222 e. The van der Waals surface area contributed by atoms with Gasteiger partial charge in [0.15, 0.2) is 0 Å². The van der Waals surface area contributed by atoms with E-state index >= 15 is 0 Å². The van der Waals surface area contributed by atoms with Crippen LogP contribution in [0, 0.1) is 0 Å². The van der Waals surface area contributed by atoms with Crippen molar-refractivity contribution in [2.75, 3.05) is 16.8 Å². The van der Waals surface area contributed by atoms with Gasteiger partial charge in [-0.1, -0.05) is 44.7 Å². The molecule has 0 saturated carbocycles. The molecular formula is C25H34N6S. The molecule has 0 aromatic carbocycles. The minimum atomic E-state index is 0.200. The lowest BCUT2D eigenvalue weighted by Gasteiger charge is -2.06. The fourth-order valence-corrected chi connectivity index (χ4v) is 2.82. The highest BCUT2D eigenvalue weighted by Crippen LogP contribution is 2.18. The highest BCUT2D eigenvalue weighted by Gasteiger charge is 2.04. The van der Waals surface area contributed by atoms with Gasteiger partial charge in [0, 0.05) is 41.5 Å². The van der Waals surface area contributed by atoms with Crippen molar-refractivity contribution in [1.29, 1.82) is 0 Å². The van der Waals surface area contributed by atoms with Gasteiger partial charge >= 0.3 is 0 Å². The summed E-state index contributed by atoms with van der Waals surface area (Å²) in [6, 6.07) is 5.84. The Morgan fingerprint density at radius 2 is 1.94 bits per heavy atom. The number of nitrogens with zero attached hydrogens (tertiary/aromatic N) is 4. The third-order valence-corrected chi connectivity index (χ3v) is 4.37. The van der Waals surface area contributed by atoms with Crippen molar-refractivity contribution in [1.82, 2.24) is 15.0 Å². The fraction of sp³-hybridized carbons (Fsp3) is 0.200. The summed E-state index contributed by atoms with van der Waals surface area (Å²) in [7, 11) is 0. The van der Waals surface area contributed by atoms with Gasteiger partial charge in [0.25, 0.3) is 0 Å². The molecule has 2 aromatic heterocycles. The first-order valence-corrected chi connectivity index (χ1v) is 11.2. The van der Waals surface area contributed by atoms with Crippen LogP contribution in [-0.2, 0) is 0 Å². The molecule has 0 aliphatic heterocycles. The van der Waals surface area contributed by atoms with Crippen LogP contribution in [0.15, 0.2) is 95.9 Å². The van der Waals surface area contributed by atoms with Gasteiger partial charge < -0.3 is 11.1 Å². The van der Waals surface area contributed by atoms with E-state index in [0.717, 1.165) is 11.3 Å². The zero-order valence-electron chi connectivity index (χ0n) is 19.4. The first-order chi connectivity index (χ1) is 15.6. The van der Waals surface area contributed by atoms with E-state index in [1.54, 1.807) is 36.7 Å². The zero-order valence-corrected chi connectivity index (χ0v) is 20.2. The van der Waals surface area contributed by atoms with Crippen molar-refractivity contribution in [3.8, 4) is 0 Å². The van der Waals surface area contributed by atoms with Gasteiger partial charge in [0.1, 0.15) is 5.82 Å². The van der Waals surface area contributed by atoms with Gasteiger partial charge in [-0.2, -0.15) is 4.98 Å². The van der Waals surface area contributed by atoms with E-state index in [-0.39, 0.29) is 5.95 Å². The Hall–Kier alpha value is -3.45. The second-order valence-corrected chi connectivity index (χ2v) is 6.63. The maximum Gasteiger partial charge on any atom is 0.222 e. The van der Waals surface area contributed by atoms with Crippen molar-refractivity contribution < 1.29 is 0 Å². The molecule has 32 heavy (non-hydrogen) atoms. The molecular weight excluding hydrogens is 416 g/mol. The number of thioether (sulfide) groups is 1. The maximum atomic E-state index is 5.69. The minimum Gasteiger partial charge on any atom is -0.368 e. The number of hydrogen-bond donors (Lipinski definition) is 2. The Balaban J connectivity index is 0.000000626. The van der Waals surface area contributed by atoms with Crippen molar-refractivity contribution in [3.63, 3.8) is 0 Å². The van der Waals surface area contributed by atoms with Gasteiger partial charge in [-0.15, -0.1) is 11.8 Å². The molecule has 0 saturated heterocycles. The number of hydrogen-bond acceptors (Lipinski definition) is 7. The van der Waals surface area contributed by atoms with E-state index in [2.05, 4.69) is 50.7 Å². The highest BCUT2D eigenvalue weighted by molar-refractivity contribution is 7.99. The van der Waals surface area contributed by atoms with E-state index < -0.39 is 0 Å². The number of nitrogens with two attached hydrogens (primary N) is 1. The molecule has 0 amide bonds. The number of nitrogens with one attached hydrogen (secondary N) is 1. The summed E-state index contributed by atoms with van der Waals surface area (Å²) in [5, 5.41) is 2.99. The van der Waals surface area contributed by atoms with Gasteiger partial charge in [0.05, 0.1) is 5.69 Å². The van der Waals surface area contributed by atoms with E-state index in [4.69, 9.17) is 5.73 Å². The second-order valence-electron chi connectivity index (χ2n) is 5.54. The molecule has 2 aromatic rings. The Kier molecular flexibility index (Phi) is 17.4. The van der Waals surface area contributed by atoms with Gasteiger partial charge in [-0.25, -0.2) is 4.98 Å². The summed E-state index contributed by atoms with van der Waals surface area (Å²) in [6.45, 7) is 14.9. The highest BCUT2D eigenvalue weighted by atomic mass is 32.2. The summed E-state index contributed by atoms with van der Waals surface area (Å²) in [5.41, 5.74) is 7.29. The van der Waals surface area contributed by atoms with Gasteiger partial charge in [0.2, 0.25) is 5.95 Å². The van der Waals surface area contributed by atoms with E-state index in [1.165, 1.54) is 4.90 Å². The number of allylic oxidation sites excluding steroid dienone is 6. The van der Waals surface area contributed by atoms with Crippen molar-refractivity contribution in [3.05, 3.63) is 91.7 Å². The number of aliphatic imine (C=N–C) groups is 1. The predicted molar refractivity (Wildman–Crippen MR) is 143 cm³/mol. The van der Waals surface area contributed by atoms with Crippen molar-refractivity contribution in [2.24, 2.45) is 4.99 Å². The van der Waals surface area contributed by atoms with Crippen LogP contribution in [-0.4, -0.2) is 27.4 Å². The predicted octanol–water partition coefficient (Wildman–Crippen LogP) is 6.56. The monoisotopic (exact) mass is 450 g/mol. The van der Waals surface area contributed by atoms with Crippen LogP contribution in [0.5, 0.6) is 0 Å². The summed E-state index contributed by atoms with van der Waals surface area (Å²) in [6.07, 6.45) is 18.3. The average Bonchev–Trinajstić information content (AvgIpc) is 2.82. The Morgan fingerprint density at radius 1 is 1.22 bits per heavy atom. The van der Waals surface area contributed by atoms with E-state index in [9.17, 15) is 0 Å². The van der Waals surface area contributed by atoms with Crippen LogP contribution >= 0.6 is 11.8 Å². The lowest BCUT2D eigenvalue weighted by Crippen LogP contribution is -2.02. The van der Waals surface area contributed by atoms with E-state index in [1.807, 2.05) is 70.1 Å². The van der Waals surface area contributed by atoms with Crippen molar-refractivity contribution in [2.45, 2.75) is 32.6 Å². The topological polar surface area (TPSA) is 89.1 Å². The summed E-state index contributed by atoms with van der Waals surface area (Å²) in [4.78, 5) is 17.2. The summed E-state index contributed by atoms with van der Waals surface area (Å²) >= 11 is 1.82. The van der Waals surface area contributed by atoms with Crippen LogP contribution in [0.1, 0.15) is 33.4 Å². The standard InChI is InChI=1S/C14H17N5.C9H11NS.C2H6/c1-4-6-8-17-13-10-12(18-14(15)19-13)11(5-2)7-9-16-3;1-2-3-8-11-9-4-6-10-7-5-9;1-2/h4-10H,1,3H2,2H3,(H3,15,17,18,19);2-7H,8H2,1H3;1-2H3/b8-6+,9-7-,11-5+;3-2-;. The van der Waals surface area contributed by atoms with Crippen molar-refractivity contribution >= 4 is 35.8 Å². The fourth-order valence-electron chi connectivity index (χ4n) is 2.03. The molecule has 0 atom stereocenters. The SMILES string of the molecule is C/C=C\CSc1ccncc1.C=C/C=C/Nc1cc(C(/C=C\N=C)=C/C)nc(N)n1.CC. The van der Waals surface area contributed by atoms with Crippen LogP contribution in [0.2, 0.25) is 0 Å². The lowest BCUT2D eigenvalue weighted by atomic mass is 10.1. The zero-order chi connectivity index (χ0) is 24.0. The third kappa shape index (κ3) is 13.0. The molecule has 7 heteroatoms. The molecule has 0 unspecified atom stereocenters. The van der Waals surface area contributed by atoms with E-state index in [0.29, 0.717) is 11.5 Å². The molecule has 6 nitrogen and oxygen atoms in total. The van der Waals surface area contributed by atoms with Gasteiger partial charge in [-0.05, 0) is 50.4 Å². The number of nitrogen functional groups attached to an aromatic ring is 1. The molecule has 0 spiro atoms. The largest absolute Gasteiger partial charge is 0.368 e. The molecule has 2 rings (SSSR count). The molecule has 0 radical (unpaired) electrons. The Labute approximate surface area is 196 Å². The molecule has 0 aliphatic carbocycles. The molecule has 0 fully saturated rings. The van der Waals surface area contributed by atoms with Crippen LogP contribution in [0.25, 0.3) is 5.57 Å². The maximum absolute atomic E-state index is 5.69. The molecule has 3 N–H and O–H groups in total. The molecule has 0 aliphatic rings. The number of rotatable bonds is 9. The quantitative estimate of drug-likeness (QED) is 0.194. The summed E-state index contributed by atoms with van der Waals surface area (Å²) < 4.78 is 0. The number of anilines is 2. The molecule has 0 bridgehead atoms. The van der Waals surface area contributed by atoms with Crippen LogP contribution in [0.3, 0.4) is 0 Å². The normalized spacial score (nSPS) is 10.9. The second kappa shape index (κ2) is 19.5. The number of pyridine rings is 1. The first kappa shape index (κ1) is 28.5. The lowest BCUT2D eigenvalue weighted by molar-refractivity contribution is 1.16. The Morgan fingerprint density at radius 3 is 2.53 bits per heavy atom. The average molecular weight is 451 g/mol. The third-order valence-electron chi connectivity index (χ3n) is 3.40. The minimum absolute atomic E-state index is 0.200.